The van der Waals surface area contributed by atoms with Crippen LogP contribution in [0.4, 0.5) is 4.79 Å². The van der Waals surface area contributed by atoms with Crippen LogP contribution in [0.2, 0.25) is 5.02 Å². The molecule has 1 saturated carbocycles. The summed E-state index contributed by atoms with van der Waals surface area (Å²) < 4.78 is 10.9. The standard InChI is InChI=1S/C32H38ClN5O7/c1-4-8-23(28(39)30(41)35-20-11-12-20)36-29(40)25-16-32(18-38(25)31(42)34-17-19-9-6-5-7-10-19)15-24(37-45-32)21-13-22(33)27(44-3)14-26(21)43-2/h5-7,9-10,13-14,20,23,25H,4,8,11-12,15-18H2,1-3H3,(H,34,42)(H,35,41)(H,36,40)/t23-,25-,32+/m0/s1. The zero-order valence-electron chi connectivity index (χ0n) is 25.6. The molecule has 0 bridgehead atoms. The summed E-state index contributed by atoms with van der Waals surface area (Å²) in [5.41, 5.74) is 1.01. The van der Waals surface area contributed by atoms with E-state index in [9.17, 15) is 19.2 Å². The number of nitrogens with zero attached hydrogens (tertiary/aromatic N) is 2. The highest BCUT2D eigenvalue weighted by Gasteiger charge is 2.54. The average Bonchev–Trinajstić information content (AvgIpc) is 3.64. The second kappa shape index (κ2) is 13.8. The van der Waals surface area contributed by atoms with Crippen molar-refractivity contribution in [2.75, 3.05) is 20.8 Å². The maximum absolute atomic E-state index is 13.8. The zero-order valence-corrected chi connectivity index (χ0v) is 26.3. The van der Waals surface area contributed by atoms with Crippen LogP contribution >= 0.6 is 11.6 Å². The van der Waals surface area contributed by atoms with Gasteiger partial charge in [0.05, 0.1) is 37.5 Å². The number of methoxy groups -OCH3 is 2. The molecule has 0 radical (unpaired) electrons. The first-order valence-corrected chi connectivity index (χ1v) is 15.4. The fourth-order valence-electron chi connectivity index (χ4n) is 5.68. The molecule has 240 valence electrons. The number of nitrogens with one attached hydrogen (secondary N) is 3. The van der Waals surface area contributed by atoms with Gasteiger partial charge in [-0.1, -0.05) is 60.4 Å². The third-order valence-electron chi connectivity index (χ3n) is 8.22. The van der Waals surface area contributed by atoms with Crippen LogP contribution in [-0.4, -0.2) is 78.7 Å². The van der Waals surface area contributed by atoms with Crippen molar-refractivity contribution in [2.45, 2.75) is 75.7 Å². The predicted molar refractivity (Wildman–Crippen MR) is 166 cm³/mol. The zero-order chi connectivity index (χ0) is 32.1. The third kappa shape index (κ3) is 7.33. The molecule has 3 atom stereocenters. The summed E-state index contributed by atoms with van der Waals surface area (Å²) in [6.45, 7) is 2.17. The van der Waals surface area contributed by atoms with E-state index in [4.69, 9.17) is 25.9 Å². The van der Waals surface area contributed by atoms with E-state index in [0.717, 1.165) is 18.4 Å². The van der Waals surface area contributed by atoms with Crippen molar-refractivity contribution >= 4 is 40.9 Å². The molecule has 1 aliphatic carbocycles. The highest BCUT2D eigenvalue weighted by Crippen LogP contribution is 2.42. The first-order valence-electron chi connectivity index (χ1n) is 15.1. The minimum atomic E-state index is -1.02. The Morgan fingerprint density at radius 1 is 1.11 bits per heavy atom. The number of ether oxygens (including phenoxy) is 2. The summed E-state index contributed by atoms with van der Waals surface area (Å²) >= 11 is 6.41. The maximum atomic E-state index is 13.8. The van der Waals surface area contributed by atoms with Gasteiger partial charge in [0.25, 0.3) is 5.91 Å². The van der Waals surface area contributed by atoms with E-state index >= 15 is 0 Å². The lowest BCUT2D eigenvalue weighted by molar-refractivity contribution is -0.140. The fraction of sp³-hybridized carbons (Fsp3) is 0.469. The predicted octanol–water partition coefficient (Wildman–Crippen LogP) is 3.34. The van der Waals surface area contributed by atoms with Crippen molar-refractivity contribution in [3.8, 4) is 11.5 Å². The van der Waals surface area contributed by atoms with E-state index in [1.165, 1.54) is 19.1 Å². The molecule has 2 aliphatic heterocycles. The van der Waals surface area contributed by atoms with Crippen LogP contribution in [-0.2, 0) is 25.8 Å². The van der Waals surface area contributed by atoms with E-state index in [1.807, 2.05) is 37.3 Å². The van der Waals surface area contributed by atoms with Gasteiger partial charge in [0.2, 0.25) is 11.7 Å². The minimum absolute atomic E-state index is 0.00541. The maximum Gasteiger partial charge on any atom is 0.318 e. The number of likely N-dealkylation sites (tertiary alicyclic amines) is 1. The number of rotatable bonds is 12. The number of carbonyl (C=O) groups excluding carboxylic acids is 4. The van der Waals surface area contributed by atoms with E-state index in [-0.39, 0.29) is 38.4 Å². The fourth-order valence-corrected chi connectivity index (χ4v) is 5.92. The lowest BCUT2D eigenvalue weighted by Gasteiger charge is -2.26. The molecule has 1 spiro atoms. The highest BCUT2D eigenvalue weighted by molar-refractivity contribution is 6.38. The number of hydrogen-bond acceptors (Lipinski definition) is 8. The second-order valence-corrected chi connectivity index (χ2v) is 12.0. The Labute approximate surface area is 266 Å². The number of halogens is 1. The van der Waals surface area contributed by atoms with Crippen molar-refractivity contribution in [1.29, 1.82) is 0 Å². The molecular formula is C32H38ClN5O7. The van der Waals surface area contributed by atoms with Crippen LogP contribution in [0.5, 0.6) is 11.5 Å². The summed E-state index contributed by atoms with van der Waals surface area (Å²) in [6, 6.07) is 10.3. The first-order chi connectivity index (χ1) is 21.7. The molecule has 5 rings (SSSR count). The molecule has 3 aliphatic rings. The quantitative estimate of drug-likeness (QED) is 0.302. The third-order valence-corrected chi connectivity index (χ3v) is 8.52. The van der Waals surface area contributed by atoms with Gasteiger partial charge < -0.3 is 35.2 Å². The molecule has 0 aromatic heterocycles. The Morgan fingerprint density at radius 3 is 2.51 bits per heavy atom. The van der Waals surface area contributed by atoms with Gasteiger partial charge in [0.1, 0.15) is 17.5 Å². The Hall–Kier alpha value is -4.32. The van der Waals surface area contributed by atoms with Crippen molar-refractivity contribution in [2.24, 2.45) is 5.16 Å². The second-order valence-electron chi connectivity index (χ2n) is 11.6. The monoisotopic (exact) mass is 639 g/mol. The van der Waals surface area contributed by atoms with Gasteiger partial charge in [-0.25, -0.2) is 4.79 Å². The molecule has 4 amide bonds. The van der Waals surface area contributed by atoms with Crippen LogP contribution in [0.1, 0.15) is 56.6 Å². The van der Waals surface area contributed by atoms with Gasteiger partial charge in [-0.15, -0.1) is 0 Å². The summed E-state index contributed by atoms with van der Waals surface area (Å²) in [5.74, 6) is -1.04. The van der Waals surface area contributed by atoms with Crippen LogP contribution in [0.3, 0.4) is 0 Å². The molecule has 0 unspecified atom stereocenters. The SMILES string of the molecule is CCC[C@H](NC(=O)[C@@H]1C[C@]2(CC(c3cc(Cl)c(OC)cc3OC)=NO2)CN1C(=O)NCc1ccccc1)C(=O)C(=O)NC1CC1. The molecule has 2 fully saturated rings. The van der Waals surface area contributed by atoms with Gasteiger partial charge in [-0.3, -0.25) is 14.4 Å². The summed E-state index contributed by atoms with van der Waals surface area (Å²) in [7, 11) is 3.02. The van der Waals surface area contributed by atoms with Crippen molar-refractivity contribution in [3.05, 3.63) is 58.6 Å². The van der Waals surface area contributed by atoms with Crippen molar-refractivity contribution in [1.82, 2.24) is 20.9 Å². The van der Waals surface area contributed by atoms with Crippen molar-refractivity contribution < 1.29 is 33.5 Å². The molecule has 12 nitrogen and oxygen atoms in total. The first kappa shape index (κ1) is 32.1. The number of amides is 4. The van der Waals surface area contributed by atoms with Gasteiger partial charge in [0.15, 0.2) is 5.60 Å². The van der Waals surface area contributed by atoms with E-state index in [2.05, 4.69) is 21.1 Å². The number of ketones is 1. The molecule has 45 heavy (non-hydrogen) atoms. The number of Topliss-reactive ketones (excluding diaryl/α,β-unsaturated/α-hetero) is 1. The lowest BCUT2D eigenvalue weighted by atomic mass is 9.91. The molecule has 3 N–H and O–H groups in total. The summed E-state index contributed by atoms with van der Waals surface area (Å²) in [5, 5.41) is 13.1. The van der Waals surface area contributed by atoms with E-state index < -0.39 is 41.3 Å². The van der Waals surface area contributed by atoms with Gasteiger partial charge in [-0.2, -0.15) is 0 Å². The number of urea groups is 1. The normalized spacial score (nSPS) is 21.0. The highest BCUT2D eigenvalue weighted by atomic mass is 35.5. The van der Waals surface area contributed by atoms with Crippen LogP contribution in [0.15, 0.2) is 47.6 Å². The topological polar surface area (TPSA) is 148 Å². The van der Waals surface area contributed by atoms with Gasteiger partial charge in [-0.05, 0) is 30.9 Å². The van der Waals surface area contributed by atoms with Crippen LogP contribution in [0.25, 0.3) is 0 Å². The lowest BCUT2D eigenvalue weighted by Crippen LogP contribution is -2.54. The number of hydrogen-bond donors (Lipinski definition) is 3. The van der Waals surface area contributed by atoms with E-state index in [0.29, 0.717) is 34.2 Å². The van der Waals surface area contributed by atoms with Gasteiger partial charge in [0, 0.05) is 37.1 Å². The summed E-state index contributed by atoms with van der Waals surface area (Å²) in [4.78, 5) is 60.4. The molecule has 2 heterocycles. The molecular weight excluding hydrogens is 602 g/mol. The molecule has 1 saturated heterocycles. The largest absolute Gasteiger partial charge is 0.496 e. The Balaban J connectivity index is 1.36. The molecule has 13 heteroatoms. The minimum Gasteiger partial charge on any atom is -0.496 e. The number of benzene rings is 2. The van der Waals surface area contributed by atoms with Gasteiger partial charge >= 0.3 is 6.03 Å². The van der Waals surface area contributed by atoms with Crippen molar-refractivity contribution in [3.63, 3.8) is 0 Å². The average molecular weight is 640 g/mol. The Kier molecular flexibility index (Phi) is 9.81. The smallest absolute Gasteiger partial charge is 0.318 e. The van der Waals surface area contributed by atoms with Crippen LogP contribution in [0, 0.1) is 0 Å². The van der Waals surface area contributed by atoms with E-state index in [1.54, 1.807) is 12.1 Å². The summed E-state index contributed by atoms with van der Waals surface area (Å²) in [6.07, 6.45) is 2.88. The number of oxime groups is 1. The Morgan fingerprint density at radius 2 is 1.84 bits per heavy atom. The Bertz CT molecular complexity index is 1480. The molecule has 2 aromatic carbocycles. The number of carbonyl (C=O) groups is 4. The molecule has 2 aromatic rings. The van der Waals surface area contributed by atoms with Crippen LogP contribution < -0.4 is 25.4 Å².